The fraction of sp³-hybridized carbons (Fsp3) is 0.556. The zero-order chi connectivity index (χ0) is 9.84. The van der Waals surface area contributed by atoms with Crippen molar-refractivity contribution in [2.75, 3.05) is 11.6 Å². The number of rotatable bonds is 3. The largest absolute Gasteiger partial charge is 0.352 e. The lowest BCUT2D eigenvalue weighted by Crippen LogP contribution is -2.13. The average molecular weight is 197 g/mol. The minimum absolute atomic E-state index is 0.372. The molecule has 1 rings (SSSR count). The van der Waals surface area contributed by atoms with Crippen molar-refractivity contribution in [3.05, 3.63) is 11.8 Å². The molecule has 13 heavy (non-hydrogen) atoms. The van der Waals surface area contributed by atoms with Gasteiger partial charge in [0.2, 0.25) is 5.95 Å². The summed E-state index contributed by atoms with van der Waals surface area (Å²) < 4.78 is 0. The zero-order valence-corrected chi connectivity index (χ0v) is 9.27. The third-order valence-corrected chi connectivity index (χ3v) is 2.09. The van der Waals surface area contributed by atoms with Gasteiger partial charge in [-0.1, -0.05) is 0 Å². The van der Waals surface area contributed by atoms with Gasteiger partial charge in [-0.3, -0.25) is 0 Å². The Labute approximate surface area is 83.4 Å². The first kappa shape index (κ1) is 10.3. The first-order chi connectivity index (χ1) is 6.11. The SMILES string of the molecule is CSc1cc(C)nc(NC(C)C)n1. The van der Waals surface area contributed by atoms with E-state index in [1.165, 1.54) is 0 Å². The molecule has 1 N–H and O–H groups in total. The molecule has 0 amide bonds. The lowest BCUT2D eigenvalue weighted by atomic mass is 10.4. The molecule has 0 aliphatic heterocycles. The van der Waals surface area contributed by atoms with Crippen molar-refractivity contribution in [1.29, 1.82) is 0 Å². The zero-order valence-electron chi connectivity index (χ0n) is 8.46. The molecule has 0 atom stereocenters. The van der Waals surface area contributed by atoms with Gasteiger partial charge in [0.05, 0.1) is 0 Å². The number of nitrogens with one attached hydrogen (secondary N) is 1. The van der Waals surface area contributed by atoms with Crippen LogP contribution in [0.5, 0.6) is 0 Å². The summed E-state index contributed by atoms with van der Waals surface area (Å²) in [5, 5.41) is 4.19. The third-order valence-electron chi connectivity index (χ3n) is 1.46. The van der Waals surface area contributed by atoms with E-state index in [0.717, 1.165) is 16.7 Å². The molecular formula is C9H15N3S. The van der Waals surface area contributed by atoms with E-state index in [1.54, 1.807) is 11.8 Å². The standard InChI is InChI=1S/C9H15N3S/c1-6(2)10-9-11-7(3)5-8(12-9)13-4/h5-6H,1-4H3,(H,10,11,12). The number of thioether (sulfide) groups is 1. The van der Waals surface area contributed by atoms with Crippen molar-refractivity contribution in [2.24, 2.45) is 0 Å². The van der Waals surface area contributed by atoms with Gasteiger partial charge in [0.15, 0.2) is 0 Å². The van der Waals surface area contributed by atoms with Crippen molar-refractivity contribution in [3.8, 4) is 0 Å². The fourth-order valence-corrected chi connectivity index (χ4v) is 1.43. The van der Waals surface area contributed by atoms with Crippen LogP contribution in [0.4, 0.5) is 5.95 Å². The summed E-state index contributed by atoms with van der Waals surface area (Å²) in [4.78, 5) is 8.62. The molecule has 1 aromatic rings. The molecule has 0 aromatic carbocycles. The van der Waals surface area contributed by atoms with E-state index < -0.39 is 0 Å². The molecule has 0 fully saturated rings. The average Bonchev–Trinajstić information content (AvgIpc) is 2.01. The molecular weight excluding hydrogens is 182 g/mol. The van der Waals surface area contributed by atoms with Crippen LogP contribution >= 0.6 is 11.8 Å². The molecule has 1 heterocycles. The predicted molar refractivity (Wildman–Crippen MR) is 57.3 cm³/mol. The van der Waals surface area contributed by atoms with Crippen molar-refractivity contribution in [1.82, 2.24) is 9.97 Å². The Balaban J connectivity index is 2.88. The van der Waals surface area contributed by atoms with E-state index in [2.05, 4.69) is 29.1 Å². The second kappa shape index (κ2) is 4.46. The van der Waals surface area contributed by atoms with Crippen LogP contribution in [-0.4, -0.2) is 22.3 Å². The van der Waals surface area contributed by atoms with Crippen LogP contribution < -0.4 is 5.32 Å². The molecule has 0 saturated heterocycles. The van der Waals surface area contributed by atoms with Crippen LogP contribution in [0.25, 0.3) is 0 Å². The second-order valence-electron chi connectivity index (χ2n) is 3.17. The Kier molecular flexibility index (Phi) is 3.54. The van der Waals surface area contributed by atoms with E-state index in [1.807, 2.05) is 19.2 Å². The van der Waals surface area contributed by atoms with Crippen LogP contribution in [-0.2, 0) is 0 Å². The van der Waals surface area contributed by atoms with Gasteiger partial charge < -0.3 is 5.32 Å². The molecule has 0 spiro atoms. The van der Waals surface area contributed by atoms with E-state index in [0.29, 0.717) is 6.04 Å². The molecule has 0 aliphatic carbocycles. The highest BCUT2D eigenvalue weighted by molar-refractivity contribution is 7.98. The van der Waals surface area contributed by atoms with Gasteiger partial charge in [-0.15, -0.1) is 11.8 Å². The van der Waals surface area contributed by atoms with E-state index in [9.17, 15) is 0 Å². The van der Waals surface area contributed by atoms with Gasteiger partial charge in [-0.2, -0.15) is 0 Å². The maximum Gasteiger partial charge on any atom is 0.224 e. The summed E-state index contributed by atoms with van der Waals surface area (Å²) in [5.41, 5.74) is 1.00. The van der Waals surface area contributed by atoms with Gasteiger partial charge in [0.1, 0.15) is 5.03 Å². The number of hydrogen-bond acceptors (Lipinski definition) is 4. The fourth-order valence-electron chi connectivity index (χ4n) is 0.967. The highest BCUT2D eigenvalue weighted by Gasteiger charge is 2.01. The normalized spacial score (nSPS) is 10.5. The maximum atomic E-state index is 4.33. The van der Waals surface area contributed by atoms with Gasteiger partial charge in [-0.05, 0) is 33.1 Å². The molecule has 72 valence electrons. The molecule has 1 aromatic heterocycles. The van der Waals surface area contributed by atoms with Gasteiger partial charge in [-0.25, -0.2) is 9.97 Å². The van der Waals surface area contributed by atoms with Crippen LogP contribution in [0.3, 0.4) is 0 Å². The van der Waals surface area contributed by atoms with Gasteiger partial charge in [0.25, 0.3) is 0 Å². The Morgan fingerprint density at radius 2 is 2.08 bits per heavy atom. The Morgan fingerprint density at radius 1 is 1.38 bits per heavy atom. The first-order valence-corrected chi connectivity index (χ1v) is 5.50. The topological polar surface area (TPSA) is 37.8 Å². The quantitative estimate of drug-likeness (QED) is 0.596. The lowest BCUT2D eigenvalue weighted by molar-refractivity contribution is 0.858. The Bertz CT molecular complexity index is 286. The summed E-state index contributed by atoms with van der Waals surface area (Å²) >= 11 is 1.63. The highest BCUT2D eigenvalue weighted by Crippen LogP contribution is 2.14. The van der Waals surface area contributed by atoms with E-state index in [4.69, 9.17) is 0 Å². The van der Waals surface area contributed by atoms with E-state index in [-0.39, 0.29) is 0 Å². The molecule has 0 radical (unpaired) electrons. The van der Waals surface area contributed by atoms with Crippen LogP contribution in [0.1, 0.15) is 19.5 Å². The monoisotopic (exact) mass is 197 g/mol. The summed E-state index contributed by atoms with van der Waals surface area (Å²) in [6.45, 7) is 6.13. The smallest absolute Gasteiger partial charge is 0.224 e. The predicted octanol–water partition coefficient (Wildman–Crippen LogP) is 2.33. The van der Waals surface area contributed by atoms with Crippen molar-refractivity contribution in [2.45, 2.75) is 31.8 Å². The summed E-state index contributed by atoms with van der Waals surface area (Å²) in [7, 11) is 0. The van der Waals surface area contributed by atoms with Crippen molar-refractivity contribution >= 4 is 17.7 Å². The number of anilines is 1. The summed E-state index contributed by atoms with van der Waals surface area (Å²) in [6, 6.07) is 2.35. The molecule has 0 saturated carbocycles. The minimum atomic E-state index is 0.372. The second-order valence-corrected chi connectivity index (χ2v) is 4.00. The number of nitrogens with zero attached hydrogens (tertiary/aromatic N) is 2. The van der Waals surface area contributed by atoms with Crippen LogP contribution in [0, 0.1) is 6.92 Å². The molecule has 0 bridgehead atoms. The molecule has 3 nitrogen and oxygen atoms in total. The van der Waals surface area contributed by atoms with Crippen molar-refractivity contribution in [3.63, 3.8) is 0 Å². The van der Waals surface area contributed by atoms with Gasteiger partial charge in [0, 0.05) is 11.7 Å². The summed E-state index contributed by atoms with van der Waals surface area (Å²) in [5.74, 6) is 0.722. The number of aryl methyl sites for hydroxylation is 1. The molecule has 0 unspecified atom stereocenters. The highest BCUT2D eigenvalue weighted by atomic mass is 32.2. The van der Waals surface area contributed by atoms with Crippen LogP contribution in [0.15, 0.2) is 11.1 Å². The van der Waals surface area contributed by atoms with E-state index >= 15 is 0 Å². The number of hydrogen-bond donors (Lipinski definition) is 1. The molecule has 0 aliphatic rings. The first-order valence-electron chi connectivity index (χ1n) is 4.28. The molecule has 4 heteroatoms. The Hall–Kier alpha value is -0.770. The van der Waals surface area contributed by atoms with Crippen molar-refractivity contribution < 1.29 is 0 Å². The number of aromatic nitrogens is 2. The van der Waals surface area contributed by atoms with Gasteiger partial charge >= 0.3 is 0 Å². The Morgan fingerprint density at radius 3 is 2.62 bits per heavy atom. The third kappa shape index (κ3) is 3.22. The minimum Gasteiger partial charge on any atom is -0.352 e. The summed E-state index contributed by atoms with van der Waals surface area (Å²) in [6.07, 6.45) is 2.01. The maximum absolute atomic E-state index is 4.33. The van der Waals surface area contributed by atoms with Crippen LogP contribution in [0.2, 0.25) is 0 Å². The lowest BCUT2D eigenvalue weighted by Gasteiger charge is -2.09.